The van der Waals surface area contributed by atoms with E-state index in [9.17, 15) is 15.3 Å². The number of nitrogens with zero attached hydrogens (tertiary/aromatic N) is 3. The van der Waals surface area contributed by atoms with E-state index in [1.54, 1.807) is 12.4 Å². The molecule has 0 radical (unpaired) electrons. The lowest BCUT2D eigenvalue weighted by Crippen LogP contribution is -2.50. The number of carbonyl (C=O) groups is 1. The second kappa shape index (κ2) is 11.2. The van der Waals surface area contributed by atoms with Crippen molar-refractivity contribution in [3.8, 4) is 0 Å². The first-order valence-electron chi connectivity index (χ1n) is 14.1. The van der Waals surface area contributed by atoms with Crippen LogP contribution in [0.5, 0.6) is 0 Å². The van der Waals surface area contributed by atoms with Gasteiger partial charge in [0, 0.05) is 68.7 Å². The molecular formula is C29H42BrN7O2. The largest absolute Gasteiger partial charge is 0.387 e. The molecule has 1 amide bonds. The molecule has 5 N–H and O–H groups in total. The van der Waals surface area contributed by atoms with Crippen LogP contribution in [0.4, 0.5) is 5.69 Å². The minimum absolute atomic E-state index is 0.0208. The molecule has 1 aromatic rings. The predicted octanol–water partition coefficient (Wildman–Crippen LogP) is 3.65. The van der Waals surface area contributed by atoms with E-state index in [0.717, 1.165) is 47.4 Å². The van der Waals surface area contributed by atoms with E-state index in [-0.39, 0.29) is 30.1 Å². The van der Waals surface area contributed by atoms with Gasteiger partial charge in [0.1, 0.15) is 5.84 Å². The fourth-order valence-corrected chi connectivity index (χ4v) is 7.13. The number of pyridine rings is 1. The van der Waals surface area contributed by atoms with Crippen molar-refractivity contribution < 1.29 is 9.90 Å². The molecule has 9 nitrogen and oxygen atoms in total. The highest BCUT2D eigenvalue weighted by Gasteiger charge is 2.44. The maximum absolute atomic E-state index is 13.4. The molecule has 39 heavy (non-hydrogen) atoms. The molecule has 2 saturated heterocycles. The monoisotopic (exact) mass is 599 g/mol. The first kappa shape index (κ1) is 28.1. The molecule has 1 saturated carbocycles. The van der Waals surface area contributed by atoms with Gasteiger partial charge in [0.15, 0.2) is 0 Å². The van der Waals surface area contributed by atoms with E-state index < -0.39 is 0 Å². The van der Waals surface area contributed by atoms with Crippen LogP contribution in [-0.4, -0.2) is 83.7 Å². The summed E-state index contributed by atoms with van der Waals surface area (Å²) >= 11 is 3.70. The molecule has 4 aliphatic rings. The Balaban J connectivity index is 1.38. The number of piperidine rings is 1. The summed E-state index contributed by atoms with van der Waals surface area (Å²) in [6.07, 6.45) is 12.4. The summed E-state index contributed by atoms with van der Waals surface area (Å²) in [5.74, 6) is 0.500. The molecule has 10 heteroatoms. The maximum atomic E-state index is 13.4. The number of amides is 1. The number of likely N-dealkylation sites (tertiary alicyclic amines) is 2. The normalized spacial score (nSPS) is 25.8. The molecule has 1 aromatic heterocycles. The summed E-state index contributed by atoms with van der Waals surface area (Å²) in [7, 11) is 1.82. The number of carbonyl (C=O) groups excluding carboxylic acids is 1. The second-order valence-electron chi connectivity index (χ2n) is 12.3. The summed E-state index contributed by atoms with van der Waals surface area (Å²) < 4.78 is 1.01. The predicted molar refractivity (Wildman–Crippen MR) is 158 cm³/mol. The van der Waals surface area contributed by atoms with Gasteiger partial charge < -0.3 is 25.5 Å². The fraction of sp³-hybridized carbons (Fsp3) is 0.621. The van der Waals surface area contributed by atoms with Crippen molar-refractivity contribution in [1.82, 2.24) is 25.4 Å². The Hall–Kier alpha value is -2.43. The van der Waals surface area contributed by atoms with Gasteiger partial charge in [-0.1, -0.05) is 36.2 Å². The number of amidine groups is 1. The Morgan fingerprint density at radius 1 is 1.21 bits per heavy atom. The number of rotatable bonds is 7. The molecule has 0 bridgehead atoms. The van der Waals surface area contributed by atoms with Gasteiger partial charge >= 0.3 is 0 Å². The Morgan fingerprint density at radius 3 is 2.59 bits per heavy atom. The van der Waals surface area contributed by atoms with Crippen molar-refractivity contribution in [1.29, 1.82) is 5.41 Å². The van der Waals surface area contributed by atoms with Crippen LogP contribution < -0.4 is 16.0 Å². The molecule has 3 heterocycles. The van der Waals surface area contributed by atoms with Crippen LogP contribution in [-0.2, 0) is 0 Å². The molecule has 1 unspecified atom stereocenters. The third kappa shape index (κ3) is 5.74. The summed E-state index contributed by atoms with van der Waals surface area (Å²) in [6, 6.07) is 1.65. The van der Waals surface area contributed by atoms with Crippen molar-refractivity contribution in [2.75, 3.05) is 45.3 Å². The van der Waals surface area contributed by atoms with Crippen molar-refractivity contribution in [2.24, 2.45) is 10.8 Å². The van der Waals surface area contributed by atoms with Crippen LogP contribution >= 0.6 is 15.9 Å². The average Bonchev–Trinajstić information content (AvgIpc) is 3.22. The van der Waals surface area contributed by atoms with Crippen LogP contribution in [0.3, 0.4) is 0 Å². The van der Waals surface area contributed by atoms with Gasteiger partial charge in [-0.15, -0.1) is 0 Å². The Labute approximate surface area is 240 Å². The van der Waals surface area contributed by atoms with Gasteiger partial charge in [0.2, 0.25) is 0 Å². The summed E-state index contributed by atoms with van der Waals surface area (Å²) in [6.45, 7) is 7.18. The minimum atomic E-state index is -0.201. The van der Waals surface area contributed by atoms with E-state index in [4.69, 9.17) is 0 Å². The van der Waals surface area contributed by atoms with E-state index in [1.165, 1.54) is 19.3 Å². The van der Waals surface area contributed by atoms with Crippen LogP contribution in [0.1, 0.15) is 62.7 Å². The number of aliphatic hydroxyl groups excluding tert-OH is 1. The standard InChI is InChI=1S/C29H42BrN7O2/c1-28(2)17-37(27(39)19-11-21(32-3)15-33-14-19)16-24(28)35-25-22(12-20(30)13-23(25)34-18-38)26(31)36-9-7-29(8-10-36)5-4-6-29/h11-12,14-15,23-24,31-32,34-35,38H,4-10,13,16-18H2,1-3H3/t23?,24-/m0/s1. The smallest absolute Gasteiger partial charge is 0.255 e. The molecule has 3 fully saturated rings. The van der Waals surface area contributed by atoms with Crippen LogP contribution in [0.25, 0.3) is 0 Å². The highest BCUT2D eigenvalue weighted by atomic mass is 79.9. The van der Waals surface area contributed by atoms with Crippen molar-refractivity contribution in [3.63, 3.8) is 0 Å². The van der Waals surface area contributed by atoms with Gasteiger partial charge in [-0.3, -0.25) is 20.5 Å². The van der Waals surface area contributed by atoms with Crippen molar-refractivity contribution in [3.05, 3.63) is 45.9 Å². The minimum Gasteiger partial charge on any atom is -0.387 e. The Kier molecular flexibility index (Phi) is 8.08. The maximum Gasteiger partial charge on any atom is 0.255 e. The first-order valence-corrected chi connectivity index (χ1v) is 14.9. The molecular weight excluding hydrogens is 558 g/mol. The van der Waals surface area contributed by atoms with Gasteiger partial charge in [0.25, 0.3) is 5.91 Å². The quantitative estimate of drug-likeness (QED) is 0.184. The zero-order valence-corrected chi connectivity index (χ0v) is 24.9. The van der Waals surface area contributed by atoms with Crippen LogP contribution in [0.15, 0.2) is 40.3 Å². The molecule has 2 atom stereocenters. The van der Waals surface area contributed by atoms with Gasteiger partial charge in [-0.25, -0.2) is 0 Å². The van der Waals surface area contributed by atoms with E-state index in [0.29, 0.717) is 36.3 Å². The number of halogens is 1. The summed E-state index contributed by atoms with van der Waals surface area (Å²) in [5, 5.41) is 29.1. The van der Waals surface area contributed by atoms with Gasteiger partial charge in [-0.2, -0.15) is 0 Å². The van der Waals surface area contributed by atoms with Crippen molar-refractivity contribution >= 4 is 33.4 Å². The Bertz CT molecular complexity index is 1170. The van der Waals surface area contributed by atoms with Gasteiger partial charge in [0.05, 0.1) is 30.1 Å². The van der Waals surface area contributed by atoms with Crippen LogP contribution in [0.2, 0.25) is 0 Å². The van der Waals surface area contributed by atoms with Crippen molar-refractivity contribution in [2.45, 2.75) is 64.5 Å². The second-order valence-corrected chi connectivity index (χ2v) is 13.3. The zero-order valence-electron chi connectivity index (χ0n) is 23.3. The number of aromatic nitrogens is 1. The molecule has 2 aliphatic heterocycles. The van der Waals surface area contributed by atoms with E-state index in [2.05, 4.69) is 61.7 Å². The number of aliphatic hydroxyl groups is 1. The van der Waals surface area contributed by atoms with E-state index in [1.807, 2.05) is 18.0 Å². The fourth-order valence-electron chi connectivity index (χ4n) is 6.58. The third-order valence-corrected chi connectivity index (χ3v) is 9.87. The number of hydrogen-bond acceptors (Lipinski definition) is 7. The lowest BCUT2D eigenvalue weighted by Gasteiger charge is -2.48. The molecule has 1 spiro atoms. The Morgan fingerprint density at radius 2 is 1.95 bits per heavy atom. The zero-order chi connectivity index (χ0) is 27.8. The third-order valence-electron chi connectivity index (χ3n) is 9.32. The molecule has 2 aliphatic carbocycles. The molecule has 0 aromatic carbocycles. The summed E-state index contributed by atoms with van der Waals surface area (Å²) in [4.78, 5) is 21.8. The SMILES string of the molecule is CNc1cncc(C(=O)N2C[C@H](NC3=C(C(=N)N4CCC5(CCC5)CC4)C=C(Br)CC3NCO)C(C)(C)C2)c1. The average molecular weight is 601 g/mol. The lowest BCUT2D eigenvalue weighted by atomic mass is 9.63. The van der Waals surface area contributed by atoms with Crippen LogP contribution in [0, 0.1) is 16.2 Å². The summed E-state index contributed by atoms with van der Waals surface area (Å²) in [5.41, 5.74) is 3.47. The molecule has 5 rings (SSSR count). The highest BCUT2D eigenvalue weighted by Crippen LogP contribution is 2.49. The number of anilines is 1. The highest BCUT2D eigenvalue weighted by molar-refractivity contribution is 9.11. The molecule has 212 valence electrons. The first-order chi connectivity index (χ1) is 18.6. The van der Waals surface area contributed by atoms with Gasteiger partial charge in [-0.05, 0) is 47.7 Å². The lowest BCUT2D eigenvalue weighted by molar-refractivity contribution is 0.0569. The topological polar surface area (TPSA) is 117 Å². The van der Waals surface area contributed by atoms with E-state index >= 15 is 0 Å². The number of hydrogen-bond donors (Lipinski definition) is 5. The number of nitrogens with one attached hydrogen (secondary N) is 4.